The van der Waals surface area contributed by atoms with E-state index in [2.05, 4.69) is 5.32 Å². The predicted molar refractivity (Wildman–Crippen MR) is 131 cm³/mol. The molecule has 2 aromatic heterocycles. The molecule has 4 aromatic rings. The van der Waals surface area contributed by atoms with E-state index in [4.69, 9.17) is 4.74 Å². The fourth-order valence-corrected chi connectivity index (χ4v) is 5.07. The molecular formula is C27H29N3O3. The molecule has 0 spiro atoms. The molecule has 1 amide bonds. The molecule has 0 aliphatic heterocycles. The molecule has 1 saturated carbocycles. The summed E-state index contributed by atoms with van der Waals surface area (Å²) in [5.41, 5.74) is 3.08. The number of carbonyl (C=O) groups is 1. The quantitative estimate of drug-likeness (QED) is 0.459. The molecule has 1 N–H and O–H groups in total. The second-order valence-corrected chi connectivity index (χ2v) is 8.75. The number of para-hydroxylation sites is 1. The second-order valence-electron chi connectivity index (χ2n) is 8.75. The number of fused-ring (bicyclic) bond motifs is 3. The minimum atomic E-state index is -0.169. The molecule has 0 bridgehead atoms. The molecule has 2 heterocycles. The largest absolute Gasteiger partial charge is 0.494 e. The Morgan fingerprint density at radius 2 is 1.82 bits per heavy atom. The summed E-state index contributed by atoms with van der Waals surface area (Å²) < 4.78 is 9.24. The zero-order valence-electron chi connectivity index (χ0n) is 19.1. The highest BCUT2D eigenvalue weighted by Crippen LogP contribution is 2.33. The summed E-state index contributed by atoms with van der Waals surface area (Å²) >= 11 is 0. The van der Waals surface area contributed by atoms with Gasteiger partial charge in [0, 0.05) is 42.1 Å². The van der Waals surface area contributed by atoms with Gasteiger partial charge in [-0.25, -0.2) is 0 Å². The summed E-state index contributed by atoms with van der Waals surface area (Å²) in [6.45, 7) is 2.97. The van der Waals surface area contributed by atoms with Crippen LogP contribution in [-0.2, 0) is 13.6 Å². The van der Waals surface area contributed by atoms with Crippen LogP contribution in [0.1, 0.15) is 54.6 Å². The van der Waals surface area contributed by atoms with E-state index >= 15 is 0 Å². The number of aromatic nitrogens is 2. The van der Waals surface area contributed by atoms with Crippen LogP contribution in [-0.4, -0.2) is 21.6 Å². The van der Waals surface area contributed by atoms with E-state index in [1.54, 1.807) is 10.8 Å². The van der Waals surface area contributed by atoms with Gasteiger partial charge in [-0.2, -0.15) is 0 Å². The van der Waals surface area contributed by atoms with E-state index in [9.17, 15) is 9.59 Å². The number of rotatable bonds is 6. The average molecular weight is 444 g/mol. The average Bonchev–Trinajstić information content (AvgIpc) is 3.47. The van der Waals surface area contributed by atoms with Gasteiger partial charge < -0.3 is 19.2 Å². The van der Waals surface area contributed by atoms with Gasteiger partial charge in [0.25, 0.3) is 11.5 Å². The number of nitrogens with one attached hydrogen (secondary N) is 1. The van der Waals surface area contributed by atoms with Crippen LogP contribution in [0, 0.1) is 0 Å². The number of hydrogen-bond acceptors (Lipinski definition) is 3. The molecule has 1 aliphatic rings. The monoisotopic (exact) mass is 443 g/mol. The van der Waals surface area contributed by atoms with Crippen LogP contribution in [0.4, 0.5) is 0 Å². The third-order valence-electron chi connectivity index (χ3n) is 6.73. The molecule has 1 fully saturated rings. The molecule has 2 aromatic carbocycles. The number of amides is 1. The molecule has 0 saturated heterocycles. The van der Waals surface area contributed by atoms with Gasteiger partial charge in [0.1, 0.15) is 11.3 Å². The lowest BCUT2D eigenvalue weighted by Gasteiger charge is -2.17. The number of ether oxygens (including phenoxy) is 1. The lowest BCUT2D eigenvalue weighted by atomic mass is 10.1. The summed E-state index contributed by atoms with van der Waals surface area (Å²) in [5, 5.41) is 4.73. The third kappa shape index (κ3) is 3.80. The van der Waals surface area contributed by atoms with Gasteiger partial charge in [0.2, 0.25) is 0 Å². The Hall–Kier alpha value is -3.54. The van der Waals surface area contributed by atoms with Crippen LogP contribution in [0.3, 0.4) is 0 Å². The van der Waals surface area contributed by atoms with E-state index in [-0.39, 0.29) is 17.5 Å². The molecule has 33 heavy (non-hydrogen) atoms. The molecule has 0 radical (unpaired) electrons. The maximum Gasteiger partial charge on any atom is 0.275 e. The van der Waals surface area contributed by atoms with Crippen LogP contribution < -0.4 is 15.6 Å². The van der Waals surface area contributed by atoms with Gasteiger partial charge in [0.05, 0.1) is 12.2 Å². The van der Waals surface area contributed by atoms with Gasteiger partial charge in [-0.3, -0.25) is 9.59 Å². The molecule has 0 atom stereocenters. The molecule has 170 valence electrons. The highest BCUT2D eigenvalue weighted by molar-refractivity contribution is 6.17. The van der Waals surface area contributed by atoms with Crippen LogP contribution in [0.25, 0.3) is 21.8 Å². The Morgan fingerprint density at radius 1 is 1.09 bits per heavy atom. The van der Waals surface area contributed by atoms with Gasteiger partial charge in [-0.15, -0.1) is 0 Å². The fraction of sp³-hybridized carbons (Fsp3) is 0.333. The normalized spacial score (nSPS) is 14.2. The standard InChI is InChI=1S/C27H29N3O3/c1-3-33-20-14-12-18(13-15-20)16-28-26(31)22-17-30(19-8-4-5-9-19)27(32)25-24(22)21-10-6-7-11-23(21)29(25)2/h6-7,10-15,17,19H,3-5,8-9,16H2,1-2H3,(H,28,31). The Labute approximate surface area is 192 Å². The maximum atomic E-state index is 13.5. The summed E-state index contributed by atoms with van der Waals surface area (Å²) in [5.74, 6) is 0.644. The van der Waals surface area contributed by atoms with Gasteiger partial charge in [-0.05, 0) is 43.5 Å². The molecule has 5 rings (SSSR count). The van der Waals surface area contributed by atoms with Crippen molar-refractivity contribution in [2.75, 3.05) is 6.61 Å². The first-order valence-electron chi connectivity index (χ1n) is 11.7. The Balaban J connectivity index is 1.57. The van der Waals surface area contributed by atoms with Crippen molar-refractivity contribution in [3.8, 4) is 5.75 Å². The first-order chi connectivity index (χ1) is 16.1. The number of benzene rings is 2. The first-order valence-corrected chi connectivity index (χ1v) is 11.7. The first kappa shape index (κ1) is 21.3. The summed E-state index contributed by atoms with van der Waals surface area (Å²) in [7, 11) is 1.91. The van der Waals surface area contributed by atoms with Crippen molar-refractivity contribution < 1.29 is 9.53 Å². The maximum absolute atomic E-state index is 13.5. The predicted octanol–water partition coefficient (Wildman–Crippen LogP) is 4.94. The van der Waals surface area contributed by atoms with Crippen molar-refractivity contribution in [3.05, 3.63) is 76.2 Å². The minimum absolute atomic E-state index is 0.0151. The molecule has 6 nitrogen and oxygen atoms in total. The van der Waals surface area contributed by atoms with Crippen molar-refractivity contribution in [1.29, 1.82) is 0 Å². The molecule has 1 aliphatic carbocycles. The number of nitrogens with zero attached hydrogens (tertiary/aromatic N) is 2. The lowest BCUT2D eigenvalue weighted by molar-refractivity contribution is 0.0951. The molecular weight excluding hydrogens is 414 g/mol. The van der Waals surface area contributed by atoms with E-state index in [0.29, 0.717) is 24.2 Å². The Morgan fingerprint density at radius 3 is 2.55 bits per heavy atom. The van der Waals surface area contributed by atoms with Gasteiger partial charge in [-0.1, -0.05) is 43.2 Å². The smallest absolute Gasteiger partial charge is 0.275 e. The van der Waals surface area contributed by atoms with Crippen molar-refractivity contribution in [2.45, 2.75) is 45.2 Å². The van der Waals surface area contributed by atoms with E-state index in [1.165, 1.54) is 0 Å². The van der Waals surface area contributed by atoms with Gasteiger partial charge in [0.15, 0.2) is 0 Å². The fourth-order valence-electron chi connectivity index (χ4n) is 5.07. The minimum Gasteiger partial charge on any atom is -0.494 e. The Bertz CT molecular complexity index is 1380. The van der Waals surface area contributed by atoms with Gasteiger partial charge >= 0.3 is 0 Å². The van der Waals surface area contributed by atoms with Crippen LogP contribution in [0.15, 0.2) is 59.5 Å². The van der Waals surface area contributed by atoms with Crippen molar-refractivity contribution >= 4 is 27.7 Å². The zero-order valence-corrected chi connectivity index (χ0v) is 19.1. The topological polar surface area (TPSA) is 65.3 Å². The highest BCUT2D eigenvalue weighted by atomic mass is 16.5. The van der Waals surface area contributed by atoms with Crippen molar-refractivity contribution in [1.82, 2.24) is 14.5 Å². The number of aryl methyl sites for hydroxylation is 1. The van der Waals surface area contributed by atoms with E-state index < -0.39 is 0 Å². The van der Waals surface area contributed by atoms with Crippen molar-refractivity contribution in [2.24, 2.45) is 7.05 Å². The zero-order chi connectivity index (χ0) is 22.9. The third-order valence-corrected chi connectivity index (χ3v) is 6.73. The van der Waals surface area contributed by atoms with Crippen LogP contribution >= 0.6 is 0 Å². The SMILES string of the molecule is CCOc1ccc(CNC(=O)c2cn(C3CCCC3)c(=O)c3c2c2ccccc2n3C)cc1. The second kappa shape index (κ2) is 8.77. The molecule has 0 unspecified atom stereocenters. The Kier molecular flexibility index (Phi) is 5.67. The number of carbonyl (C=O) groups excluding carboxylic acids is 1. The van der Waals surface area contributed by atoms with Crippen LogP contribution in [0.2, 0.25) is 0 Å². The van der Waals surface area contributed by atoms with E-state index in [0.717, 1.165) is 53.3 Å². The molecule has 6 heteroatoms. The summed E-state index contributed by atoms with van der Waals surface area (Å²) in [6, 6.07) is 15.8. The van der Waals surface area contributed by atoms with Crippen molar-refractivity contribution in [3.63, 3.8) is 0 Å². The highest BCUT2D eigenvalue weighted by Gasteiger charge is 2.25. The van der Waals surface area contributed by atoms with Crippen LogP contribution in [0.5, 0.6) is 5.75 Å². The summed E-state index contributed by atoms with van der Waals surface area (Å²) in [6.07, 6.45) is 5.97. The number of pyridine rings is 1. The van der Waals surface area contributed by atoms with E-state index in [1.807, 2.05) is 67.1 Å². The lowest BCUT2D eigenvalue weighted by Crippen LogP contribution is -2.29. The summed E-state index contributed by atoms with van der Waals surface area (Å²) in [4.78, 5) is 27.0. The number of hydrogen-bond donors (Lipinski definition) is 1.